The number of hydrogen-bond donors (Lipinski definition) is 0. The molecule has 24 heavy (non-hydrogen) atoms. The zero-order valence-corrected chi connectivity index (χ0v) is 14.4. The highest BCUT2D eigenvalue weighted by atomic mass is 35.5. The molecule has 0 fully saturated rings. The predicted molar refractivity (Wildman–Crippen MR) is 96.3 cm³/mol. The summed E-state index contributed by atoms with van der Waals surface area (Å²) in [5.41, 5.74) is 2.01. The van der Waals surface area contributed by atoms with Gasteiger partial charge in [0.15, 0.2) is 5.13 Å². The number of anilines is 1. The third-order valence-electron chi connectivity index (χ3n) is 3.50. The molecule has 2 aromatic carbocycles. The van der Waals surface area contributed by atoms with Crippen molar-refractivity contribution >= 4 is 34.0 Å². The first-order valence-corrected chi connectivity index (χ1v) is 8.63. The number of amides is 1. The average molecular weight is 361 g/mol. The van der Waals surface area contributed by atoms with Crippen molar-refractivity contribution in [2.45, 2.75) is 6.92 Å². The molecule has 0 atom stereocenters. The van der Waals surface area contributed by atoms with Gasteiger partial charge in [-0.25, -0.2) is 9.37 Å². The SMILES string of the molecule is CCN(C(=O)c1cccc(F)c1)c1nc(-c2ccc(Cl)cc2)cs1. The second-order valence-corrected chi connectivity index (χ2v) is 6.35. The minimum Gasteiger partial charge on any atom is -0.284 e. The van der Waals surface area contributed by atoms with E-state index in [0.29, 0.717) is 22.3 Å². The number of carbonyl (C=O) groups is 1. The number of hydrogen-bond acceptors (Lipinski definition) is 3. The molecule has 0 bridgehead atoms. The summed E-state index contributed by atoms with van der Waals surface area (Å²) < 4.78 is 13.4. The molecule has 1 amide bonds. The van der Waals surface area contributed by atoms with Crippen LogP contribution in [0.4, 0.5) is 9.52 Å². The number of nitrogens with zero attached hydrogens (tertiary/aromatic N) is 2. The van der Waals surface area contributed by atoms with Gasteiger partial charge >= 0.3 is 0 Å². The van der Waals surface area contributed by atoms with Gasteiger partial charge in [0.1, 0.15) is 5.82 Å². The van der Waals surface area contributed by atoms with E-state index >= 15 is 0 Å². The summed E-state index contributed by atoms with van der Waals surface area (Å²) >= 11 is 7.27. The molecule has 0 saturated carbocycles. The highest BCUT2D eigenvalue weighted by Gasteiger charge is 2.19. The average Bonchev–Trinajstić information content (AvgIpc) is 3.06. The van der Waals surface area contributed by atoms with E-state index in [-0.39, 0.29) is 5.91 Å². The molecule has 0 N–H and O–H groups in total. The fraction of sp³-hybridized carbons (Fsp3) is 0.111. The fourth-order valence-electron chi connectivity index (χ4n) is 2.28. The summed E-state index contributed by atoms with van der Waals surface area (Å²) in [5, 5.41) is 3.13. The molecular formula is C18H14ClFN2OS. The zero-order valence-electron chi connectivity index (χ0n) is 12.9. The maximum absolute atomic E-state index is 13.4. The standard InChI is InChI=1S/C18H14ClFN2OS/c1-2-22(17(23)13-4-3-5-15(20)10-13)18-21-16(11-24-18)12-6-8-14(19)9-7-12/h3-11H,2H2,1H3. The lowest BCUT2D eigenvalue weighted by Gasteiger charge is -2.17. The summed E-state index contributed by atoms with van der Waals surface area (Å²) in [5.74, 6) is -0.702. The van der Waals surface area contributed by atoms with Gasteiger partial charge in [-0.15, -0.1) is 11.3 Å². The van der Waals surface area contributed by atoms with Gasteiger partial charge < -0.3 is 0 Å². The molecule has 1 heterocycles. The van der Waals surface area contributed by atoms with Crippen molar-refractivity contribution in [2.24, 2.45) is 0 Å². The lowest BCUT2D eigenvalue weighted by Crippen LogP contribution is -2.30. The normalized spacial score (nSPS) is 10.6. The van der Waals surface area contributed by atoms with Gasteiger partial charge in [-0.05, 0) is 37.3 Å². The van der Waals surface area contributed by atoms with Crippen molar-refractivity contribution < 1.29 is 9.18 Å². The quantitative estimate of drug-likeness (QED) is 0.635. The Morgan fingerprint density at radius 1 is 1.25 bits per heavy atom. The third kappa shape index (κ3) is 3.47. The number of halogens is 2. The van der Waals surface area contributed by atoms with Crippen molar-refractivity contribution in [1.82, 2.24) is 4.98 Å². The van der Waals surface area contributed by atoms with E-state index in [1.165, 1.54) is 29.5 Å². The molecule has 0 aliphatic rings. The third-order valence-corrected chi connectivity index (χ3v) is 4.61. The Hall–Kier alpha value is -2.24. The largest absolute Gasteiger partial charge is 0.284 e. The van der Waals surface area contributed by atoms with Crippen LogP contribution in [-0.4, -0.2) is 17.4 Å². The van der Waals surface area contributed by atoms with E-state index in [9.17, 15) is 9.18 Å². The van der Waals surface area contributed by atoms with Gasteiger partial charge in [0, 0.05) is 28.1 Å². The molecule has 6 heteroatoms. The van der Waals surface area contributed by atoms with E-state index < -0.39 is 5.82 Å². The molecule has 0 aliphatic carbocycles. The Bertz CT molecular complexity index is 863. The van der Waals surface area contributed by atoms with Crippen LogP contribution in [0.25, 0.3) is 11.3 Å². The Labute approximate surface area is 148 Å². The van der Waals surface area contributed by atoms with Crippen LogP contribution in [0, 0.1) is 5.82 Å². The summed E-state index contributed by atoms with van der Waals surface area (Å²) in [6.45, 7) is 2.31. The van der Waals surface area contributed by atoms with Crippen LogP contribution in [0.5, 0.6) is 0 Å². The van der Waals surface area contributed by atoms with Gasteiger partial charge in [0.2, 0.25) is 0 Å². The van der Waals surface area contributed by atoms with Crippen LogP contribution in [0.3, 0.4) is 0 Å². The monoisotopic (exact) mass is 360 g/mol. The Balaban J connectivity index is 1.89. The maximum Gasteiger partial charge on any atom is 0.260 e. The van der Waals surface area contributed by atoms with E-state index in [0.717, 1.165) is 11.3 Å². The minimum absolute atomic E-state index is 0.269. The lowest BCUT2D eigenvalue weighted by atomic mass is 10.2. The summed E-state index contributed by atoms with van der Waals surface area (Å²) in [4.78, 5) is 18.7. The number of carbonyl (C=O) groups excluding carboxylic acids is 1. The van der Waals surface area contributed by atoms with Crippen LogP contribution in [0.1, 0.15) is 17.3 Å². The summed E-state index contributed by atoms with van der Waals surface area (Å²) in [6.07, 6.45) is 0. The van der Waals surface area contributed by atoms with Crippen LogP contribution < -0.4 is 4.90 Å². The number of rotatable bonds is 4. The van der Waals surface area contributed by atoms with Gasteiger partial charge in [0.25, 0.3) is 5.91 Å². The Morgan fingerprint density at radius 3 is 2.67 bits per heavy atom. The second-order valence-electron chi connectivity index (χ2n) is 5.08. The topological polar surface area (TPSA) is 33.2 Å². The summed E-state index contributed by atoms with van der Waals surface area (Å²) in [7, 11) is 0. The van der Waals surface area contributed by atoms with Crippen molar-refractivity contribution in [2.75, 3.05) is 11.4 Å². The van der Waals surface area contributed by atoms with Crippen LogP contribution in [-0.2, 0) is 0 Å². The van der Waals surface area contributed by atoms with Crippen LogP contribution >= 0.6 is 22.9 Å². The number of thiazole rings is 1. The first kappa shape index (κ1) is 16.6. The Morgan fingerprint density at radius 2 is 2.00 bits per heavy atom. The van der Waals surface area contributed by atoms with Gasteiger partial charge in [-0.1, -0.05) is 29.8 Å². The highest BCUT2D eigenvalue weighted by molar-refractivity contribution is 7.14. The zero-order chi connectivity index (χ0) is 17.1. The smallest absolute Gasteiger partial charge is 0.260 e. The second kappa shape index (κ2) is 7.11. The molecular weight excluding hydrogens is 347 g/mol. The maximum atomic E-state index is 13.4. The van der Waals surface area contributed by atoms with Crippen LogP contribution in [0.15, 0.2) is 53.9 Å². The fourth-order valence-corrected chi connectivity index (χ4v) is 3.31. The molecule has 3 aromatic rings. The van der Waals surface area contributed by atoms with E-state index in [1.807, 2.05) is 24.4 Å². The van der Waals surface area contributed by atoms with Crippen molar-refractivity contribution in [3.05, 3.63) is 70.3 Å². The minimum atomic E-state index is -0.433. The van der Waals surface area contributed by atoms with Crippen molar-refractivity contribution in [3.63, 3.8) is 0 Å². The van der Waals surface area contributed by atoms with E-state index in [1.54, 1.807) is 23.1 Å². The lowest BCUT2D eigenvalue weighted by molar-refractivity contribution is 0.0988. The molecule has 3 nitrogen and oxygen atoms in total. The number of aromatic nitrogens is 1. The number of benzene rings is 2. The molecule has 0 aliphatic heterocycles. The molecule has 1 aromatic heterocycles. The molecule has 0 radical (unpaired) electrons. The van der Waals surface area contributed by atoms with Gasteiger partial charge in [-0.2, -0.15) is 0 Å². The molecule has 122 valence electrons. The van der Waals surface area contributed by atoms with E-state index in [4.69, 9.17) is 11.6 Å². The Kier molecular flexibility index (Phi) is 4.92. The molecule has 3 rings (SSSR count). The van der Waals surface area contributed by atoms with Gasteiger partial charge in [0.05, 0.1) is 5.69 Å². The molecule has 0 unspecified atom stereocenters. The highest BCUT2D eigenvalue weighted by Crippen LogP contribution is 2.29. The summed E-state index contributed by atoms with van der Waals surface area (Å²) in [6, 6.07) is 13.0. The van der Waals surface area contributed by atoms with Gasteiger partial charge in [-0.3, -0.25) is 9.69 Å². The first-order valence-electron chi connectivity index (χ1n) is 7.37. The van der Waals surface area contributed by atoms with Crippen LogP contribution in [0.2, 0.25) is 5.02 Å². The van der Waals surface area contributed by atoms with Crippen molar-refractivity contribution in [1.29, 1.82) is 0 Å². The molecule has 0 spiro atoms. The van der Waals surface area contributed by atoms with Crippen molar-refractivity contribution in [3.8, 4) is 11.3 Å². The van der Waals surface area contributed by atoms with E-state index in [2.05, 4.69) is 4.98 Å². The predicted octanol–water partition coefficient (Wildman–Crippen LogP) is 5.27. The first-order chi connectivity index (χ1) is 11.6. The molecule has 0 saturated heterocycles.